The SMILES string of the molecule is CN(C)S(=O)(=O)c1cccc(-c2cn3cc(-c4ccc(F)c(CO)c4F)ccc3n2)c1. The molecular formula is C22H19F2N3O3S. The van der Waals surface area contributed by atoms with Crippen LogP contribution in [0.5, 0.6) is 0 Å². The van der Waals surface area contributed by atoms with Crippen LogP contribution in [0.15, 0.2) is 65.8 Å². The van der Waals surface area contributed by atoms with Gasteiger partial charge < -0.3 is 9.51 Å². The number of pyridine rings is 1. The summed E-state index contributed by atoms with van der Waals surface area (Å²) in [5.41, 5.74) is 1.98. The second kappa shape index (κ2) is 7.84. The predicted molar refractivity (Wildman–Crippen MR) is 113 cm³/mol. The van der Waals surface area contributed by atoms with Crippen LogP contribution < -0.4 is 0 Å². The maximum absolute atomic E-state index is 14.6. The Balaban J connectivity index is 1.78. The number of halogens is 2. The highest BCUT2D eigenvalue weighted by Crippen LogP contribution is 2.29. The molecule has 9 heteroatoms. The Hall–Kier alpha value is -3.14. The number of imidazole rings is 1. The molecule has 0 radical (unpaired) electrons. The molecule has 0 aliphatic rings. The van der Waals surface area contributed by atoms with Gasteiger partial charge >= 0.3 is 0 Å². The van der Waals surface area contributed by atoms with Gasteiger partial charge in [-0.05, 0) is 36.4 Å². The zero-order valence-corrected chi connectivity index (χ0v) is 17.6. The number of hydrogen-bond acceptors (Lipinski definition) is 4. The van der Waals surface area contributed by atoms with Gasteiger partial charge in [0.15, 0.2) is 0 Å². The van der Waals surface area contributed by atoms with Crippen LogP contribution in [-0.4, -0.2) is 41.3 Å². The van der Waals surface area contributed by atoms with Crippen molar-refractivity contribution in [2.75, 3.05) is 14.1 Å². The lowest BCUT2D eigenvalue weighted by Crippen LogP contribution is -2.22. The van der Waals surface area contributed by atoms with Crippen molar-refractivity contribution < 1.29 is 22.3 Å². The summed E-state index contributed by atoms with van der Waals surface area (Å²) in [7, 11) is -0.662. The van der Waals surface area contributed by atoms with Crippen molar-refractivity contribution in [1.29, 1.82) is 0 Å². The summed E-state index contributed by atoms with van der Waals surface area (Å²) >= 11 is 0. The quantitative estimate of drug-likeness (QED) is 0.511. The largest absolute Gasteiger partial charge is 0.391 e. The molecule has 31 heavy (non-hydrogen) atoms. The van der Waals surface area contributed by atoms with Gasteiger partial charge in [0, 0.05) is 48.7 Å². The van der Waals surface area contributed by atoms with Crippen LogP contribution in [-0.2, 0) is 16.6 Å². The van der Waals surface area contributed by atoms with Gasteiger partial charge in [-0.25, -0.2) is 26.5 Å². The Morgan fingerprint density at radius 2 is 1.81 bits per heavy atom. The third kappa shape index (κ3) is 3.71. The molecule has 0 aliphatic carbocycles. The second-order valence-corrected chi connectivity index (χ2v) is 9.32. The summed E-state index contributed by atoms with van der Waals surface area (Å²) in [6.07, 6.45) is 3.35. The molecule has 4 aromatic rings. The van der Waals surface area contributed by atoms with E-state index in [0.717, 1.165) is 10.4 Å². The van der Waals surface area contributed by atoms with E-state index in [1.807, 2.05) is 0 Å². The number of rotatable bonds is 5. The lowest BCUT2D eigenvalue weighted by Gasteiger charge is -2.11. The topological polar surface area (TPSA) is 74.9 Å². The number of nitrogens with zero attached hydrogens (tertiary/aromatic N) is 3. The van der Waals surface area contributed by atoms with Crippen molar-refractivity contribution in [3.05, 3.63) is 78.1 Å². The first-order valence-electron chi connectivity index (χ1n) is 9.32. The molecule has 1 N–H and O–H groups in total. The zero-order chi connectivity index (χ0) is 22.3. The molecule has 6 nitrogen and oxygen atoms in total. The van der Waals surface area contributed by atoms with Crippen molar-refractivity contribution in [3.8, 4) is 22.4 Å². The monoisotopic (exact) mass is 443 g/mol. The van der Waals surface area contributed by atoms with E-state index in [1.165, 1.54) is 26.2 Å². The summed E-state index contributed by atoms with van der Waals surface area (Å²) in [6, 6.07) is 12.2. The van der Waals surface area contributed by atoms with E-state index in [1.54, 1.807) is 47.1 Å². The summed E-state index contributed by atoms with van der Waals surface area (Å²) in [5, 5.41) is 9.24. The first kappa shape index (κ1) is 21.1. The van der Waals surface area contributed by atoms with Gasteiger partial charge in [-0.1, -0.05) is 12.1 Å². The minimum Gasteiger partial charge on any atom is -0.391 e. The van der Waals surface area contributed by atoms with E-state index in [2.05, 4.69) is 4.98 Å². The zero-order valence-electron chi connectivity index (χ0n) is 16.8. The number of benzene rings is 2. The van der Waals surface area contributed by atoms with Gasteiger partial charge in [0.1, 0.15) is 17.3 Å². The average Bonchev–Trinajstić information content (AvgIpc) is 3.17. The van der Waals surface area contributed by atoms with Crippen LogP contribution in [0.1, 0.15) is 5.56 Å². The fourth-order valence-corrected chi connectivity index (χ4v) is 4.23. The molecule has 0 fully saturated rings. The van der Waals surface area contributed by atoms with E-state index < -0.39 is 28.3 Å². The number of aromatic nitrogens is 2. The minimum atomic E-state index is -3.59. The molecule has 0 atom stereocenters. The van der Waals surface area contributed by atoms with Crippen molar-refractivity contribution in [2.24, 2.45) is 0 Å². The standard InChI is InChI=1S/C22H19F2N3O3S/c1-26(2)31(29,30)16-5-3-4-14(10-16)20-12-27-11-15(6-9-21(27)25-20)17-7-8-19(23)18(13-28)22(17)24/h3-12,28H,13H2,1-2H3. The molecule has 2 aromatic heterocycles. The molecular weight excluding hydrogens is 424 g/mol. The smallest absolute Gasteiger partial charge is 0.242 e. The van der Waals surface area contributed by atoms with Gasteiger partial charge in [-0.15, -0.1) is 0 Å². The highest BCUT2D eigenvalue weighted by molar-refractivity contribution is 7.89. The van der Waals surface area contributed by atoms with E-state index >= 15 is 0 Å². The summed E-state index contributed by atoms with van der Waals surface area (Å²) in [6.45, 7) is -0.741. The third-order valence-corrected chi connectivity index (χ3v) is 6.83. The predicted octanol–water partition coefficient (Wildman–Crippen LogP) is 3.69. The Labute approximate surface area is 178 Å². The van der Waals surface area contributed by atoms with Gasteiger partial charge in [-0.2, -0.15) is 0 Å². The van der Waals surface area contributed by atoms with Crippen molar-refractivity contribution in [2.45, 2.75) is 11.5 Å². The summed E-state index contributed by atoms with van der Waals surface area (Å²) < 4.78 is 56.0. The van der Waals surface area contributed by atoms with E-state index in [-0.39, 0.29) is 16.0 Å². The minimum absolute atomic E-state index is 0.151. The lowest BCUT2D eigenvalue weighted by atomic mass is 10.0. The number of hydrogen-bond donors (Lipinski definition) is 1. The molecule has 0 amide bonds. The van der Waals surface area contributed by atoms with Crippen LogP contribution in [0.3, 0.4) is 0 Å². The van der Waals surface area contributed by atoms with Crippen LogP contribution in [0.2, 0.25) is 0 Å². The highest BCUT2D eigenvalue weighted by Gasteiger charge is 2.19. The second-order valence-electron chi connectivity index (χ2n) is 7.17. The Kier molecular flexibility index (Phi) is 5.34. The number of sulfonamides is 1. The van der Waals surface area contributed by atoms with Gasteiger partial charge in [0.05, 0.1) is 17.2 Å². The first-order chi connectivity index (χ1) is 14.7. The molecule has 0 spiro atoms. The van der Waals surface area contributed by atoms with Crippen LogP contribution >= 0.6 is 0 Å². The molecule has 0 saturated heterocycles. The number of aliphatic hydroxyl groups excluding tert-OH is 1. The Bertz CT molecular complexity index is 1400. The molecule has 4 rings (SSSR count). The van der Waals surface area contributed by atoms with E-state index in [4.69, 9.17) is 0 Å². The average molecular weight is 443 g/mol. The van der Waals surface area contributed by atoms with E-state index in [9.17, 15) is 22.3 Å². The fraction of sp³-hybridized carbons (Fsp3) is 0.136. The van der Waals surface area contributed by atoms with Gasteiger partial charge in [0.2, 0.25) is 10.0 Å². The maximum Gasteiger partial charge on any atom is 0.242 e. The Morgan fingerprint density at radius 3 is 2.52 bits per heavy atom. The van der Waals surface area contributed by atoms with Crippen LogP contribution in [0, 0.1) is 11.6 Å². The molecule has 0 unspecified atom stereocenters. The van der Waals surface area contributed by atoms with Crippen molar-refractivity contribution in [3.63, 3.8) is 0 Å². The van der Waals surface area contributed by atoms with Gasteiger partial charge in [0.25, 0.3) is 0 Å². The Morgan fingerprint density at radius 1 is 1.03 bits per heavy atom. The lowest BCUT2D eigenvalue weighted by molar-refractivity contribution is 0.269. The highest BCUT2D eigenvalue weighted by atomic mass is 32.2. The summed E-state index contributed by atoms with van der Waals surface area (Å²) in [5.74, 6) is -1.62. The molecule has 0 saturated carbocycles. The molecule has 160 valence electrons. The number of aliphatic hydroxyl groups is 1. The fourth-order valence-electron chi connectivity index (χ4n) is 3.28. The van der Waals surface area contributed by atoms with Crippen LogP contribution in [0.25, 0.3) is 28.0 Å². The van der Waals surface area contributed by atoms with E-state index in [0.29, 0.717) is 22.5 Å². The molecule has 2 aromatic carbocycles. The van der Waals surface area contributed by atoms with Crippen molar-refractivity contribution >= 4 is 15.7 Å². The molecule has 0 bridgehead atoms. The maximum atomic E-state index is 14.6. The van der Waals surface area contributed by atoms with Crippen LogP contribution in [0.4, 0.5) is 8.78 Å². The molecule has 0 aliphatic heterocycles. The van der Waals surface area contributed by atoms with Gasteiger partial charge in [-0.3, -0.25) is 0 Å². The number of fused-ring (bicyclic) bond motifs is 1. The van der Waals surface area contributed by atoms with Crippen molar-refractivity contribution in [1.82, 2.24) is 13.7 Å². The first-order valence-corrected chi connectivity index (χ1v) is 10.8. The summed E-state index contributed by atoms with van der Waals surface area (Å²) in [4.78, 5) is 4.67. The normalized spacial score (nSPS) is 12.1. The third-order valence-electron chi connectivity index (χ3n) is 5.01. The molecule has 2 heterocycles.